The predicted octanol–water partition coefficient (Wildman–Crippen LogP) is 3.89. The molecule has 1 aromatic carbocycles. The van der Waals surface area contributed by atoms with Crippen LogP contribution >= 0.6 is 0 Å². The van der Waals surface area contributed by atoms with Crippen molar-refractivity contribution < 1.29 is 9.59 Å². The molecule has 0 bridgehead atoms. The van der Waals surface area contributed by atoms with E-state index in [-0.39, 0.29) is 23.3 Å². The van der Waals surface area contributed by atoms with Crippen LogP contribution in [0.3, 0.4) is 0 Å². The van der Waals surface area contributed by atoms with E-state index in [1.807, 2.05) is 12.1 Å². The highest BCUT2D eigenvalue weighted by Gasteiger charge is 2.20. The Morgan fingerprint density at radius 1 is 1.06 bits per heavy atom. The van der Waals surface area contributed by atoms with Crippen LogP contribution in [-0.4, -0.2) is 37.6 Å². The molecule has 35 heavy (non-hydrogen) atoms. The van der Waals surface area contributed by atoms with E-state index in [2.05, 4.69) is 27.2 Å². The molecule has 0 spiro atoms. The molecule has 0 saturated carbocycles. The summed E-state index contributed by atoms with van der Waals surface area (Å²) in [6.45, 7) is 2.57. The zero-order valence-corrected chi connectivity index (χ0v) is 19.7. The lowest BCUT2D eigenvalue weighted by Gasteiger charge is -2.07. The standard InChI is InChI=1S/C26H29N7O2/c1-2-3-5-17-7-12-21(30-16-17)31-26(35)19-10-8-18(9-11-19)22-23-24(28)29-14-15-33(23)25(32-22)20(34)6-4-13-27/h7-12,14-16H,2-6,13,27H2,1H3,(H2,28,29)(H,30,31,35). The fraction of sp³-hybridized carbons (Fsp3) is 0.269. The summed E-state index contributed by atoms with van der Waals surface area (Å²) in [7, 11) is 0. The number of nitrogen functional groups attached to an aromatic ring is 1. The number of aryl methyl sites for hydroxylation is 1. The molecular weight excluding hydrogens is 442 g/mol. The zero-order chi connectivity index (χ0) is 24.8. The number of hydrogen-bond donors (Lipinski definition) is 3. The maximum absolute atomic E-state index is 12.7. The Morgan fingerprint density at radius 3 is 2.54 bits per heavy atom. The molecule has 4 rings (SSSR count). The highest BCUT2D eigenvalue weighted by molar-refractivity contribution is 6.04. The summed E-state index contributed by atoms with van der Waals surface area (Å²) in [6.07, 6.45) is 9.07. The van der Waals surface area contributed by atoms with E-state index in [1.54, 1.807) is 41.1 Å². The number of rotatable bonds is 10. The third kappa shape index (κ3) is 5.36. The fourth-order valence-electron chi connectivity index (χ4n) is 3.83. The maximum Gasteiger partial charge on any atom is 0.256 e. The van der Waals surface area contributed by atoms with Gasteiger partial charge in [0.1, 0.15) is 22.8 Å². The number of carbonyl (C=O) groups excluding carboxylic acids is 2. The molecule has 0 aliphatic rings. The number of fused-ring (bicyclic) bond motifs is 1. The second-order valence-electron chi connectivity index (χ2n) is 8.32. The molecule has 4 aromatic rings. The van der Waals surface area contributed by atoms with Crippen molar-refractivity contribution in [2.24, 2.45) is 5.73 Å². The van der Waals surface area contributed by atoms with Crippen LogP contribution in [0.1, 0.15) is 59.1 Å². The lowest BCUT2D eigenvalue weighted by Crippen LogP contribution is -2.12. The van der Waals surface area contributed by atoms with Crippen LogP contribution < -0.4 is 16.8 Å². The number of aromatic nitrogens is 4. The van der Waals surface area contributed by atoms with Gasteiger partial charge in [0.15, 0.2) is 11.6 Å². The molecule has 180 valence electrons. The van der Waals surface area contributed by atoms with E-state index in [9.17, 15) is 9.59 Å². The van der Waals surface area contributed by atoms with Gasteiger partial charge in [0, 0.05) is 36.1 Å². The van der Waals surface area contributed by atoms with E-state index in [4.69, 9.17) is 11.5 Å². The first-order valence-corrected chi connectivity index (χ1v) is 11.7. The summed E-state index contributed by atoms with van der Waals surface area (Å²) in [6, 6.07) is 10.8. The quantitative estimate of drug-likeness (QED) is 0.298. The van der Waals surface area contributed by atoms with Crippen LogP contribution in [-0.2, 0) is 6.42 Å². The van der Waals surface area contributed by atoms with Crippen molar-refractivity contribution in [1.29, 1.82) is 0 Å². The topological polar surface area (TPSA) is 141 Å². The molecule has 9 nitrogen and oxygen atoms in total. The number of benzene rings is 1. The van der Waals surface area contributed by atoms with Crippen molar-refractivity contribution in [3.63, 3.8) is 0 Å². The SMILES string of the molecule is CCCCc1ccc(NC(=O)c2ccc(-c3nc(C(=O)CCCN)n4ccnc(N)c34)cc2)nc1. The zero-order valence-electron chi connectivity index (χ0n) is 19.7. The van der Waals surface area contributed by atoms with Gasteiger partial charge in [-0.25, -0.2) is 15.0 Å². The Labute approximate surface area is 203 Å². The highest BCUT2D eigenvalue weighted by atomic mass is 16.1. The summed E-state index contributed by atoms with van der Waals surface area (Å²) < 4.78 is 1.66. The minimum atomic E-state index is -0.265. The number of carbonyl (C=O) groups is 2. The summed E-state index contributed by atoms with van der Waals surface area (Å²) in [5.74, 6) is 0.667. The number of Topliss-reactive ketones (excluding diaryl/α,β-unsaturated/α-hetero) is 1. The Kier molecular flexibility index (Phi) is 7.47. The number of hydrogen-bond acceptors (Lipinski definition) is 7. The Hall–Kier alpha value is -4.11. The number of nitrogens with zero attached hydrogens (tertiary/aromatic N) is 4. The monoisotopic (exact) mass is 471 g/mol. The van der Waals surface area contributed by atoms with Gasteiger partial charge in [-0.1, -0.05) is 31.5 Å². The van der Waals surface area contributed by atoms with Crippen molar-refractivity contribution in [1.82, 2.24) is 19.4 Å². The van der Waals surface area contributed by atoms with Gasteiger partial charge < -0.3 is 16.8 Å². The van der Waals surface area contributed by atoms with E-state index >= 15 is 0 Å². The van der Waals surface area contributed by atoms with E-state index in [1.165, 1.54) is 6.20 Å². The van der Waals surface area contributed by atoms with Gasteiger partial charge in [0.05, 0.1) is 0 Å². The van der Waals surface area contributed by atoms with Crippen molar-refractivity contribution in [2.45, 2.75) is 39.0 Å². The summed E-state index contributed by atoms with van der Waals surface area (Å²) >= 11 is 0. The molecule has 0 aliphatic heterocycles. The van der Waals surface area contributed by atoms with Gasteiger partial charge >= 0.3 is 0 Å². The lowest BCUT2D eigenvalue weighted by molar-refractivity contribution is 0.0969. The average Bonchev–Trinajstić information content (AvgIpc) is 3.28. The van der Waals surface area contributed by atoms with Crippen molar-refractivity contribution in [3.8, 4) is 11.3 Å². The van der Waals surface area contributed by atoms with Gasteiger partial charge in [-0.2, -0.15) is 0 Å². The molecule has 0 unspecified atom stereocenters. The van der Waals surface area contributed by atoms with Gasteiger partial charge in [0.25, 0.3) is 5.91 Å². The fourth-order valence-corrected chi connectivity index (χ4v) is 3.83. The molecule has 0 fully saturated rings. The average molecular weight is 472 g/mol. The van der Waals surface area contributed by atoms with E-state index in [0.717, 1.165) is 30.4 Å². The molecular formula is C26H29N7O2. The Morgan fingerprint density at radius 2 is 1.86 bits per heavy atom. The minimum absolute atomic E-state index is 0.119. The molecule has 3 aromatic heterocycles. The van der Waals surface area contributed by atoms with Gasteiger partial charge in [-0.3, -0.25) is 14.0 Å². The van der Waals surface area contributed by atoms with Crippen molar-refractivity contribution >= 4 is 28.8 Å². The first-order valence-electron chi connectivity index (χ1n) is 11.7. The third-order valence-electron chi connectivity index (χ3n) is 5.75. The number of nitrogens with two attached hydrogens (primary N) is 2. The van der Waals surface area contributed by atoms with Crippen LogP contribution in [0.2, 0.25) is 0 Å². The molecule has 9 heteroatoms. The highest BCUT2D eigenvalue weighted by Crippen LogP contribution is 2.29. The van der Waals surface area contributed by atoms with Crippen molar-refractivity contribution in [2.75, 3.05) is 17.6 Å². The normalized spacial score (nSPS) is 11.0. The largest absolute Gasteiger partial charge is 0.382 e. The smallest absolute Gasteiger partial charge is 0.256 e. The van der Waals surface area contributed by atoms with Crippen LogP contribution in [0.15, 0.2) is 55.0 Å². The molecule has 5 N–H and O–H groups in total. The van der Waals surface area contributed by atoms with Gasteiger partial charge in [-0.15, -0.1) is 0 Å². The van der Waals surface area contributed by atoms with Crippen LogP contribution in [0.5, 0.6) is 0 Å². The minimum Gasteiger partial charge on any atom is -0.382 e. The molecule has 0 aliphatic carbocycles. The van der Waals surface area contributed by atoms with Crippen molar-refractivity contribution in [3.05, 3.63) is 71.9 Å². The number of imidazole rings is 1. The molecule has 0 atom stereocenters. The first kappa shape index (κ1) is 24.0. The molecule has 1 amide bonds. The predicted molar refractivity (Wildman–Crippen MR) is 136 cm³/mol. The summed E-state index contributed by atoms with van der Waals surface area (Å²) in [4.78, 5) is 38.5. The first-order chi connectivity index (χ1) is 17.0. The number of amides is 1. The van der Waals surface area contributed by atoms with Crippen LogP contribution in [0, 0.1) is 0 Å². The van der Waals surface area contributed by atoms with Gasteiger partial charge in [0.2, 0.25) is 0 Å². The molecule has 0 radical (unpaired) electrons. The lowest BCUT2D eigenvalue weighted by atomic mass is 10.1. The van der Waals surface area contributed by atoms with E-state index in [0.29, 0.717) is 42.0 Å². The number of anilines is 2. The Bertz CT molecular complexity index is 1330. The Balaban J connectivity index is 1.56. The maximum atomic E-state index is 12.7. The van der Waals surface area contributed by atoms with Crippen LogP contribution in [0.4, 0.5) is 11.6 Å². The summed E-state index contributed by atoms with van der Waals surface area (Å²) in [5.41, 5.74) is 15.1. The van der Waals surface area contributed by atoms with Crippen LogP contribution in [0.25, 0.3) is 16.8 Å². The second kappa shape index (κ2) is 10.9. The second-order valence-corrected chi connectivity index (χ2v) is 8.32. The van der Waals surface area contributed by atoms with Gasteiger partial charge in [-0.05, 0) is 49.6 Å². The summed E-state index contributed by atoms with van der Waals surface area (Å²) in [5, 5.41) is 2.82. The molecule has 3 heterocycles. The molecule has 0 saturated heterocycles. The third-order valence-corrected chi connectivity index (χ3v) is 5.75. The van der Waals surface area contributed by atoms with E-state index < -0.39 is 0 Å². The number of pyridine rings is 1. The number of nitrogens with one attached hydrogen (secondary N) is 1. The number of unbranched alkanes of at least 4 members (excludes halogenated alkanes) is 1. The number of ketones is 1.